The number of halogens is 1. The molecular formula is C18H19ClN4O4S. The van der Waals surface area contributed by atoms with Crippen molar-refractivity contribution in [3.05, 3.63) is 53.1 Å². The number of amides is 3. The van der Waals surface area contributed by atoms with E-state index in [0.29, 0.717) is 24.5 Å². The Morgan fingerprint density at radius 1 is 1.21 bits per heavy atom. The van der Waals surface area contributed by atoms with Crippen LogP contribution in [0.3, 0.4) is 0 Å². The van der Waals surface area contributed by atoms with Gasteiger partial charge in [0, 0.05) is 44.1 Å². The largest absolute Gasteiger partial charge is 0.336 e. The minimum atomic E-state index is -3.79. The van der Waals surface area contributed by atoms with Gasteiger partial charge in [-0.1, -0.05) is 17.7 Å². The van der Waals surface area contributed by atoms with Crippen molar-refractivity contribution < 1.29 is 18.0 Å². The van der Waals surface area contributed by atoms with Crippen LogP contribution in [0.25, 0.3) is 0 Å². The smallest absolute Gasteiger partial charge is 0.321 e. The van der Waals surface area contributed by atoms with E-state index < -0.39 is 15.9 Å². The van der Waals surface area contributed by atoms with Gasteiger partial charge in [0.25, 0.3) is 5.91 Å². The lowest BCUT2D eigenvalue weighted by Gasteiger charge is -2.16. The Labute approximate surface area is 168 Å². The molecule has 0 aromatic heterocycles. The number of hydrogen-bond donors (Lipinski definition) is 2. The zero-order valence-electron chi connectivity index (χ0n) is 15.3. The van der Waals surface area contributed by atoms with E-state index >= 15 is 0 Å². The van der Waals surface area contributed by atoms with Gasteiger partial charge in [0.15, 0.2) is 0 Å². The first kappa shape index (κ1) is 20.1. The molecule has 1 aliphatic rings. The topological polar surface area (TPSA) is 98.8 Å². The van der Waals surface area contributed by atoms with Gasteiger partial charge in [0.05, 0.1) is 5.02 Å². The Hall–Kier alpha value is -2.62. The van der Waals surface area contributed by atoms with Crippen LogP contribution in [0.15, 0.2) is 47.4 Å². The number of carbonyl (C=O) groups is 2. The standard InChI is InChI=1S/C18H19ClN4O4S/c1-22(2)28(26,27)16-10-12(6-7-15(16)19)17(24)21-13-4-3-5-14(11-13)23-9-8-20-18(23)25/h3-7,10-11H,8-9H2,1-2H3,(H,20,25)(H,21,24). The molecule has 2 N–H and O–H groups in total. The molecule has 0 radical (unpaired) electrons. The third kappa shape index (κ3) is 3.96. The summed E-state index contributed by atoms with van der Waals surface area (Å²) in [5.41, 5.74) is 1.28. The number of rotatable bonds is 5. The molecule has 10 heteroatoms. The predicted molar refractivity (Wildman–Crippen MR) is 107 cm³/mol. The van der Waals surface area contributed by atoms with Crippen molar-refractivity contribution in [1.82, 2.24) is 9.62 Å². The average molecular weight is 423 g/mol. The number of urea groups is 1. The Morgan fingerprint density at radius 2 is 1.96 bits per heavy atom. The minimum Gasteiger partial charge on any atom is -0.336 e. The quantitative estimate of drug-likeness (QED) is 0.772. The highest BCUT2D eigenvalue weighted by Gasteiger charge is 2.23. The summed E-state index contributed by atoms with van der Waals surface area (Å²) < 4.78 is 25.8. The van der Waals surface area contributed by atoms with Gasteiger partial charge < -0.3 is 10.6 Å². The number of nitrogens with one attached hydrogen (secondary N) is 2. The van der Waals surface area contributed by atoms with Gasteiger partial charge in [-0.15, -0.1) is 0 Å². The second-order valence-corrected chi connectivity index (χ2v) is 8.85. The molecule has 8 nitrogen and oxygen atoms in total. The summed E-state index contributed by atoms with van der Waals surface area (Å²) in [6, 6.07) is 10.7. The molecule has 2 aromatic carbocycles. The summed E-state index contributed by atoms with van der Waals surface area (Å²) in [7, 11) is -1.02. The molecule has 0 spiro atoms. The van der Waals surface area contributed by atoms with Crippen LogP contribution < -0.4 is 15.5 Å². The zero-order chi connectivity index (χ0) is 20.5. The van der Waals surface area contributed by atoms with Crippen molar-refractivity contribution in [2.75, 3.05) is 37.4 Å². The maximum Gasteiger partial charge on any atom is 0.321 e. The van der Waals surface area contributed by atoms with Gasteiger partial charge in [-0.3, -0.25) is 9.69 Å². The van der Waals surface area contributed by atoms with E-state index in [1.807, 2.05) is 0 Å². The second kappa shape index (κ2) is 7.78. The van der Waals surface area contributed by atoms with Crippen LogP contribution in [0.2, 0.25) is 5.02 Å². The van der Waals surface area contributed by atoms with Crippen LogP contribution in [0, 0.1) is 0 Å². The first-order chi connectivity index (χ1) is 13.2. The van der Waals surface area contributed by atoms with Crippen LogP contribution >= 0.6 is 11.6 Å². The highest BCUT2D eigenvalue weighted by Crippen LogP contribution is 2.26. The maximum absolute atomic E-state index is 12.6. The number of hydrogen-bond acceptors (Lipinski definition) is 4. The van der Waals surface area contributed by atoms with Crippen molar-refractivity contribution in [2.24, 2.45) is 0 Å². The number of anilines is 2. The third-order valence-corrected chi connectivity index (χ3v) is 6.52. The molecule has 28 heavy (non-hydrogen) atoms. The summed E-state index contributed by atoms with van der Waals surface area (Å²) in [6.07, 6.45) is 0. The lowest BCUT2D eigenvalue weighted by atomic mass is 10.2. The highest BCUT2D eigenvalue weighted by atomic mass is 35.5. The lowest BCUT2D eigenvalue weighted by molar-refractivity contribution is 0.102. The fraction of sp³-hybridized carbons (Fsp3) is 0.222. The fourth-order valence-electron chi connectivity index (χ4n) is 2.71. The molecule has 0 bridgehead atoms. The van der Waals surface area contributed by atoms with Gasteiger partial charge in [-0.2, -0.15) is 0 Å². The molecule has 2 aromatic rings. The van der Waals surface area contributed by atoms with Crippen molar-refractivity contribution in [3.8, 4) is 0 Å². The van der Waals surface area contributed by atoms with Crippen molar-refractivity contribution in [3.63, 3.8) is 0 Å². The molecule has 1 saturated heterocycles. The first-order valence-electron chi connectivity index (χ1n) is 8.39. The van der Waals surface area contributed by atoms with Crippen molar-refractivity contribution in [1.29, 1.82) is 0 Å². The third-order valence-electron chi connectivity index (χ3n) is 4.22. The maximum atomic E-state index is 12.6. The molecule has 0 aliphatic carbocycles. The van der Waals surface area contributed by atoms with Gasteiger partial charge in [-0.05, 0) is 36.4 Å². The Kier molecular flexibility index (Phi) is 5.59. The Morgan fingerprint density at radius 3 is 2.61 bits per heavy atom. The van der Waals surface area contributed by atoms with Crippen LogP contribution in [-0.2, 0) is 10.0 Å². The molecule has 0 atom stereocenters. The Bertz CT molecular complexity index is 1040. The average Bonchev–Trinajstić information content (AvgIpc) is 3.08. The van der Waals surface area contributed by atoms with E-state index in [1.54, 1.807) is 29.2 Å². The van der Waals surface area contributed by atoms with Crippen LogP contribution in [0.1, 0.15) is 10.4 Å². The van der Waals surface area contributed by atoms with Crippen molar-refractivity contribution in [2.45, 2.75) is 4.90 Å². The molecule has 0 unspecified atom stereocenters. The van der Waals surface area contributed by atoms with Gasteiger partial charge in [0.2, 0.25) is 10.0 Å². The number of sulfonamides is 1. The summed E-state index contributed by atoms with van der Waals surface area (Å²) in [5.74, 6) is -0.491. The molecular weight excluding hydrogens is 404 g/mol. The number of carbonyl (C=O) groups excluding carboxylic acids is 2. The number of nitrogens with zero attached hydrogens (tertiary/aromatic N) is 2. The lowest BCUT2D eigenvalue weighted by Crippen LogP contribution is -2.27. The van der Waals surface area contributed by atoms with E-state index in [9.17, 15) is 18.0 Å². The predicted octanol–water partition coefficient (Wildman–Crippen LogP) is 2.37. The molecule has 1 heterocycles. The number of benzene rings is 2. The highest BCUT2D eigenvalue weighted by molar-refractivity contribution is 7.89. The minimum absolute atomic E-state index is 0.0345. The van der Waals surface area contributed by atoms with E-state index in [1.165, 1.54) is 32.3 Å². The van der Waals surface area contributed by atoms with E-state index in [-0.39, 0.29) is 21.5 Å². The van der Waals surface area contributed by atoms with Crippen LogP contribution in [-0.4, -0.2) is 51.8 Å². The fourth-order valence-corrected chi connectivity index (χ4v) is 4.11. The zero-order valence-corrected chi connectivity index (χ0v) is 16.8. The van der Waals surface area contributed by atoms with Gasteiger partial charge in [0.1, 0.15) is 4.90 Å². The van der Waals surface area contributed by atoms with Gasteiger partial charge >= 0.3 is 6.03 Å². The van der Waals surface area contributed by atoms with Gasteiger partial charge in [-0.25, -0.2) is 17.5 Å². The second-order valence-electron chi connectivity index (χ2n) is 6.32. The van der Waals surface area contributed by atoms with E-state index in [0.717, 1.165) is 4.31 Å². The molecule has 3 amide bonds. The SMILES string of the molecule is CN(C)S(=O)(=O)c1cc(C(=O)Nc2cccc(N3CCNC3=O)c2)ccc1Cl. The monoisotopic (exact) mass is 422 g/mol. The van der Waals surface area contributed by atoms with E-state index in [4.69, 9.17) is 11.6 Å². The van der Waals surface area contributed by atoms with Crippen LogP contribution in [0.5, 0.6) is 0 Å². The van der Waals surface area contributed by atoms with Crippen LogP contribution in [0.4, 0.5) is 16.2 Å². The molecule has 1 aliphatic heterocycles. The summed E-state index contributed by atoms with van der Waals surface area (Å²) >= 11 is 6.02. The molecule has 148 valence electrons. The summed E-state index contributed by atoms with van der Waals surface area (Å²) in [5, 5.41) is 5.47. The van der Waals surface area contributed by atoms with Crippen molar-refractivity contribution >= 4 is 44.9 Å². The molecule has 3 rings (SSSR count). The van der Waals surface area contributed by atoms with E-state index in [2.05, 4.69) is 10.6 Å². The first-order valence-corrected chi connectivity index (χ1v) is 10.2. The molecule has 0 saturated carbocycles. The summed E-state index contributed by atoms with van der Waals surface area (Å²) in [6.45, 7) is 1.10. The Balaban J connectivity index is 1.85. The molecule has 1 fully saturated rings. The summed E-state index contributed by atoms with van der Waals surface area (Å²) in [4.78, 5) is 25.8. The normalized spacial score (nSPS) is 14.3.